The molecule has 3 rings (SSSR count). The first kappa shape index (κ1) is 6.63. The van der Waals surface area contributed by atoms with Gasteiger partial charge in [0.1, 0.15) is 0 Å². The first-order valence-corrected chi connectivity index (χ1v) is 4.45. The van der Waals surface area contributed by atoms with E-state index in [1.807, 2.05) is 0 Å². The molecule has 1 saturated heterocycles. The molecule has 1 spiro atoms. The second-order valence-electron chi connectivity index (χ2n) is 3.70. The van der Waals surface area contributed by atoms with Gasteiger partial charge in [0.25, 0.3) is 0 Å². The molecule has 2 aliphatic heterocycles. The van der Waals surface area contributed by atoms with Crippen molar-refractivity contribution in [3.63, 3.8) is 0 Å². The fourth-order valence-corrected chi connectivity index (χ4v) is 2.19. The van der Waals surface area contributed by atoms with Gasteiger partial charge in [-0.1, -0.05) is 24.3 Å². The van der Waals surface area contributed by atoms with E-state index in [0.717, 1.165) is 19.6 Å². The maximum atomic E-state index is 3.57. The molecule has 0 unspecified atom stereocenters. The van der Waals surface area contributed by atoms with Crippen LogP contribution in [-0.2, 0) is 12.1 Å². The van der Waals surface area contributed by atoms with E-state index in [-0.39, 0.29) is 5.54 Å². The molecule has 0 aliphatic carbocycles. The van der Waals surface area contributed by atoms with Gasteiger partial charge >= 0.3 is 0 Å². The summed E-state index contributed by atoms with van der Waals surface area (Å²) in [4.78, 5) is 0. The Kier molecular flexibility index (Phi) is 1.15. The molecular weight excluding hydrogens is 148 g/mol. The topological polar surface area (TPSA) is 24.1 Å². The summed E-state index contributed by atoms with van der Waals surface area (Å²) in [6.07, 6.45) is 0. The minimum Gasteiger partial charge on any atom is -0.312 e. The maximum absolute atomic E-state index is 3.57. The fraction of sp³-hybridized carbons (Fsp3) is 0.400. The second-order valence-corrected chi connectivity index (χ2v) is 3.70. The summed E-state index contributed by atoms with van der Waals surface area (Å²) in [6.45, 7) is 3.21. The van der Waals surface area contributed by atoms with Gasteiger partial charge in [0, 0.05) is 19.6 Å². The molecule has 0 radical (unpaired) electrons. The molecule has 1 aromatic rings. The van der Waals surface area contributed by atoms with Crippen LogP contribution >= 0.6 is 0 Å². The molecule has 0 bridgehead atoms. The first-order chi connectivity index (χ1) is 5.91. The minimum absolute atomic E-state index is 0.288. The number of hydrogen-bond donors (Lipinski definition) is 2. The Hall–Kier alpha value is -0.860. The van der Waals surface area contributed by atoms with Gasteiger partial charge in [0.2, 0.25) is 0 Å². The highest BCUT2D eigenvalue weighted by Crippen LogP contribution is 2.33. The van der Waals surface area contributed by atoms with E-state index in [2.05, 4.69) is 34.9 Å². The van der Waals surface area contributed by atoms with Crippen molar-refractivity contribution < 1.29 is 0 Å². The molecule has 2 aliphatic rings. The van der Waals surface area contributed by atoms with E-state index < -0.39 is 0 Å². The van der Waals surface area contributed by atoms with E-state index in [1.165, 1.54) is 11.1 Å². The number of hydrogen-bond acceptors (Lipinski definition) is 2. The van der Waals surface area contributed by atoms with Gasteiger partial charge in [-0.2, -0.15) is 0 Å². The molecule has 0 atom stereocenters. The van der Waals surface area contributed by atoms with Crippen LogP contribution in [0.3, 0.4) is 0 Å². The van der Waals surface area contributed by atoms with Gasteiger partial charge in [-0.25, -0.2) is 0 Å². The quantitative estimate of drug-likeness (QED) is 0.580. The van der Waals surface area contributed by atoms with Crippen LogP contribution in [0.2, 0.25) is 0 Å². The Morgan fingerprint density at radius 1 is 1.17 bits per heavy atom. The molecule has 12 heavy (non-hydrogen) atoms. The van der Waals surface area contributed by atoms with Gasteiger partial charge in [-0.05, 0) is 11.1 Å². The van der Waals surface area contributed by atoms with Crippen molar-refractivity contribution in [2.24, 2.45) is 0 Å². The lowest BCUT2D eigenvalue weighted by atomic mass is 9.85. The second kappa shape index (κ2) is 2.09. The van der Waals surface area contributed by atoms with Crippen LogP contribution < -0.4 is 10.6 Å². The first-order valence-electron chi connectivity index (χ1n) is 4.45. The van der Waals surface area contributed by atoms with Crippen LogP contribution in [0, 0.1) is 0 Å². The van der Waals surface area contributed by atoms with Crippen molar-refractivity contribution in [2.45, 2.75) is 12.1 Å². The van der Waals surface area contributed by atoms with Crippen molar-refractivity contribution in [2.75, 3.05) is 13.1 Å². The molecule has 0 amide bonds. The number of nitrogens with one attached hydrogen (secondary N) is 2. The van der Waals surface area contributed by atoms with E-state index in [9.17, 15) is 0 Å². The number of rotatable bonds is 0. The van der Waals surface area contributed by atoms with E-state index in [0.29, 0.717) is 0 Å². The summed E-state index contributed by atoms with van der Waals surface area (Å²) in [5.41, 5.74) is 3.26. The van der Waals surface area contributed by atoms with E-state index >= 15 is 0 Å². The maximum Gasteiger partial charge on any atom is 0.0693 e. The third-order valence-electron chi connectivity index (χ3n) is 3.00. The monoisotopic (exact) mass is 160 g/mol. The van der Waals surface area contributed by atoms with Crippen molar-refractivity contribution in [3.05, 3.63) is 35.4 Å². The average molecular weight is 160 g/mol. The third-order valence-corrected chi connectivity index (χ3v) is 3.00. The van der Waals surface area contributed by atoms with E-state index in [1.54, 1.807) is 0 Å². The number of benzene rings is 1. The highest BCUT2D eigenvalue weighted by Gasteiger charge is 2.42. The largest absolute Gasteiger partial charge is 0.312 e. The SMILES string of the molecule is c1ccc2c(c1)CNC21CNC1. The van der Waals surface area contributed by atoms with Crippen molar-refractivity contribution in [1.29, 1.82) is 0 Å². The number of fused-ring (bicyclic) bond motifs is 2. The Balaban J connectivity index is 2.13. The minimum atomic E-state index is 0.288. The zero-order valence-corrected chi connectivity index (χ0v) is 6.93. The highest BCUT2D eigenvalue weighted by molar-refractivity contribution is 5.40. The fourth-order valence-electron chi connectivity index (χ4n) is 2.19. The van der Waals surface area contributed by atoms with Crippen LogP contribution in [-0.4, -0.2) is 13.1 Å². The van der Waals surface area contributed by atoms with Gasteiger partial charge in [-0.3, -0.25) is 0 Å². The van der Waals surface area contributed by atoms with Crippen LogP contribution in [0.5, 0.6) is 0 Å². The van der Waals surface area contributed by atoms with Gasteiger partial charge in [-0.15, -0.1) is 0 Å². The smallest absolute Gasteiger partial charge is 0.0693 e. The van der Waals surface area contributed by atoms with E-state index in [4.69, 9.17) is 0 Å². The van der Waals surface area contributed by atoms with Crippen molar-refractivity contribution >= 4 is 0 Å². The Bertz CT molecular complexity index is 315. The zero-order valence-electron chi connectivity index (χ0n) is 6.93. The summed E-state index contributed by atoms with van der Waals surface area (Å²) >= 11 is 0. The third kappa shape index (κ3) is 0.667. The van der Waals surface area contributed by atoms with Crippen molar-refractivity contribution in [1.82, 2.24) is 10.6 Å². The zero-order chi connectivity index (χ0) is 8.02. The summed E-state index contributed by atoms with van der Waals surface area (Å²) in [5, 5.41) is 6.89. The normalized spacial score (nSPS) is 23.7. The predicted octanol–water partition coefficient (Wildman–Crippen LogP) is 0.588. The van der Waals surface area contributed by atoms with Gasteiger partial charge in [0.15, 0.2) is 0 Å². The molecule has 2 nitrogen and oxygen atoms in total. The molecule has 0 aromatic heterocycles. The van der Waals surface area contributed by atoms with Crippen molar-refractivity contribution in [3.8, 4) is 0 Å². The standard InChI is InChI=1S/C10H12N2/c1-2-4-9-8(3-1)5-12-10(9)6-11-7-10/h1-4,11-12H,5-7H2. The van der Waals surface area contributed by atoms with Crippen LogP contribution in [0.25, 0.3) is 0 Å². The molecule has 1 aromatic carbocycles. The Morgan fingerprint density at radius 2 is 2.00 bits per heavy atom. The Labute approximate surface area is 72.0 Å². The van der Waals surface area contributed by atoms with Crippen LogP contribution in [0.15, 0.2) is 24.3 Å². The predicted molar refractivity (Wildman–Crippen MR) is 47.8 cm³/mol. The average Bonchev–Trinajstić information content (AvgIpc) is 2.42. The van der Waals surface area contributed by atoms with Crippen LogP contribution in [0.4, 0.5) is 0 Å². The summed E-state index contributed by atoms with van der Waals surface area (Å²) in [6, 6.07) is 8.71. The summed E-state index contributed by atoms with van der Waals surface area (Å²) in [5.74, 6) is 0. The molecule has 62 valence electrons. The van der Waals surface area contributed by atoms with Gasteiger partial charge < -0.3 is 10.6 Å². The molecular formula is C10H12N2. The molecule has 2 heterocycles. The summed E-state index contributed by atoms with van der Waals surface area (Å²) in [7, 11) is 0. The highest BCUT2D eigenvalue weighted by atomic mass is 15.2. The lowest BCUT2D eigenvalue weighted by molar-refractivity contribution is 0.235. The lowest BCUT2D eigenvalue weighted by Crippen LogP contribution is -2.62. The molecule has 2 heteroatoms. The summed E-state index contributed by atoms with van der Waals surface area (Å²) < 4.78 is 0. The molecule has 1 fully saturated rings. The van der Waals surface area contributed by atoms with Gasteiger partial charge in [0.05, 0.1) is 5.54 Å². The lowest BCUT2D eigenvalue weighted by Gasteiger charge is -2.40. The van der Waals surface area contributed by atoms with Crippen LogP contribution in [0.1, 0.15) is 11.1 Å². The molecule has 0 saturated carbocycles. The molecule has 2 N–H and O–H groups in total. The Morgan fingerprint density at radius 3 is 2.75 bits per heavy atom.